The molecule has 10 heteroatoms. The Morgan fingerprint density at radius 1 is 1.36 bits per heavy atom. The molecule has 146 valence electrons. The number of halogens is 1. The fourth-order valence-electron chi connectivity index (χ4n) is 3.14. The molecule has 3 amide bonds. The van der Waals surface area contributed by atoms with Crippen LogP contribution < -0.4 is 5.32 Å². The van der Waals surface area contributed by atoms with E-state index in [1.807, 2.05) is 0 Å². The number of ether oxygens (including phenoxy) is 1. The molecule has 1 saturated heterocycles. The molecule has 1 aromatic carbocycles. The summed E-state index contributed by atoms with van der Waals surface area (Å²) in [5, 5.41) is 7.08. The Balaban J connectivity index is 1.33. The van der Waals surface area contributed by atoms with Crippen molar-refractivity contribution in [3.63, 3.8) is 0 Å². The van der Waals surface area contributed by atoms with E-state index in [1.165, 1.54) is 0 Å². The molecule has 28 heavy (non-hydrogen) atoms. The number of urea groups is 1. The SMILES string of the molecule is C[C@@]1(C2CC2)NC(=O)N(CC(=O)OCc2nc(-c3ccc(Cl)cc3)no2)C1=O. The molecule has 1 aliphatic heterocycles. The van der Waals surface area contributed by atoms with Crippen LogP contribution in [0.25, 0.3) is 11.4 Å². The van der Waals surface area contributed by atoms with Gasteiger partial charge < -0.3 is 14.6 Å². The Kier molecular flexibility index (Phi) is 4.54. The van der Waals surface area contributed by atoms with Gasteiger partial charge in [-0.15, -0.1) is 0 Å². The molecule has 1 saturated carbocycles. The first-order valence-electron chi connectivity index (χ1n) is 8.75. The number of carbonyl (C=O) groups excluding carboxylic acids is 3. The molecule has 2 aliphatic rings. The molecule has 1 aliphatic carbocycles. The number of amides is 3. The van der Waals surface area contributed by atoms with Crippen LogP contribution in [-0.4, -0.2) is 45.0 Å². The van der Waals surface area contributed by atoms with Crippen LogP contribution in [0.2, 0.25) is 5.02 Å². The highest BCUT2D eigenvalue weighted by Gasteiger charge is 2.56. The van der Waals surface area contributed by atoms with Crippen molar-refractivity contribution in [2.75, 3.05) is 6.54 Å². The summed E-state index contributed by atoms with van der Waals surface area (Å²) in [5.41, 5.74) is -0.235. The minimum Gasteiger partial charge on any atom is -0.454 e. The van der Waals surface area contributed by atoms with Crippen molar-refractivity contribution in [1.82, 2.24) is 20.4 Å². The first-order valence-corrected chi connectivity index (χ1v) is 9.13. The molecule has 2 aromatic rings. The lowest BCUT2D eigenvalue weighted by Gasteiger charge is -2.20. The van der Waals surface area contributed by atoms with Crippen molar-refractivity contribution in [3.8, 4) is 11.4 Å². The summed E-state index contributed by atoms with van der Waals surface area (Å²) < 4.78 is 10.1. The van der Waals surface area contributed by atoms with Gasteiger partial charge in [0.2, 0.25) is 5.82 Å². The number of hydrogen-bond donors (Lipinski definition) is 1. The number of benzene rings is 1. The number of esters is 1. The maximum Gasteiger partial charge on any atom is 0.326 e. The zero-order chi connectivity index (χ0) is 19.9. The van der Waals surface area contributed by atoms with Crippen LogP contribution in [0.5, 0.6) is 0 Å². The Bertz CT molecular complexity index is 940. The number of carbonyl (C=O) groups is 3. The summed E-state index contributed by atoms with van der Waals surface area (Å²) in [4.78, 5) is 41.7. The average Bonchev–Trinajstić information content (AvgIpc) is 3.39. The fraction of sp³-hybridized carbons (Fsp3) is 0.389. The monoisotopic (exact) mass is 404 g/mol. The summed E-state index contributed by atoms with van der Waals surface area (Å²) in [6.07, 6.45) is 1.77. The van der Waals surface area contributed by atoms with Crippen LogP contribution >= 0.6 is 11.6 Å². The van der Waals surface area contributed by atoms with E-state index >= 15 is 0 Å². The summed E-state index contributed by atoms with van der Waals surface area (Å²) in [5.74, 6) is -0.598. The number of nitrogens with one attached hydrogen (secondary N) is 1. The fourth-order valence-corrected chi connectivity index (χ4v) is 3.27. The van der Waals surface area contributed by atoms with E-state index in [2.05, 4.69) is 15.5 Å². The van der Waals surface area contributed by atoms with Crippen LogP contribution in [0, 0.1) is 5.92 Å². The van der Waals surface area contributed by atoms with Gasteiger partial charge >= 0.3 is 12.0 Å². The van der Waals surface area contributed by atoms with Gasteiger partial charge in [0.05, 0.1) is 0 Å². The van der Waals surface area contributed by atoms with Crippen molar-refractivity contribution in [3.05, 3.63) is 35.2 Å². The van der Waals surface area contributed by atoms with E-state index in [-0.39, 0.29) is 18.4 Å². The van der Waals surface area contributed by atoms with E-state index in [1.54, 1.807) is 31.2 Å². The largest absolute Gasteiger partial charge is 0.454 e. The van der Waals surface area contributed by atoms with E-state index < -0.39 is 30.0 Å². The molecular formula is C18H17ClN4O5. The summed E-state index contributed by atoms with van der Waals surface area (Å²) in [6, 6.07) is 6.27. The topological polar surface area (TPSA) is 115 Å². The predicted molar refractivity (Wildman–Crippen MR) is 95.9 cm³/mol. The lowest BCUT2D eigenvalue weighted by atomic mass is 9.96. The molecule has 4 rings (SSSR count). The van der Waals surface area contributed by atoms with Crippen molar-refractivity contribution in [1.29, 1.82) is 0 Å². The predicted octanol–water partition coefficient (Wildman–Crippen LogP) is 2.15. The summed E-state index contributed by atoms with van der Waals surface area (Å²) in [7, 11) is 0. The lowest BCUT2D eigenvalue weighted by Crippen LogP contribution is -2.46. The van der Waals surface area contributed by atoms with E-state index in [9.17, 15) is 14.4 Å². The molecule has 0 bridgehead atoms. The van der Waals surface area contributed by atoms with Crippen LogP contribution in [0.15, 0.2) is 28.8 Å². The molecular weight excluding hydrogens is 388 g/mol. The second-order valence-electron chi connectivity index (χ2n) is 6.98. The van der Waals surface area contributed by atoms with Gasteiger partial charge in [0.25, 0.3) is 11.8 Å². The van der Waals surface area contributed by atoms with Crippen LogP contribution in [0.1, 0.15) is 25.7 Å². The quantitative estimate of drug-likeness (QED) is 0.579. The van der Waals surface area contributed by atoms with Crippen LogP contribution in [0.3, 0.4) is 0 Å². The van der Waals surface area contributed by atoms with Crippen molar-refractivity contribution >= 4 is 29.5 Å². The van der Waals surface area contributed by atoms with Gasteiger partial charge in [-0.2, -0.15) is 4.98 Å². The molecule has 1 aromatic heterocycles. The first-order chi connectivity index (χ1) is 13.4. The maximum absolute atomic E-state index is 12.5. The zero-order valence-electron chi connectivity index (χ0n) is 15.0. The zero-order valence-corrected chi connectivity index (χ0v) is 15.7. The number of hydrogen-bond acceptors (Lipinski definition) is 7. The van der Waals surface area contributed by atoms with Gasteiger partial charge in [-0.3, -0.25) is 14.5 Å². The minimum absolute atomic E-state index is 0.0957. The van der Waals surface area contributed by atoms with Crippen molar-refractivity contribution in [2.24, 2.45) is 5.92 Å². The molecule has 2 fully saturated rings. The van der Waals surface area contributed by atoms with E-state index in [4.69, 9.17) is 20.9 Å². The molecule has 0 radical (unpaired) electrons. The molecule has 0 spiro atoms. The number of nitrogens with zero attached hydrogens (tertiary/aromatic N) is 3. The highest BCUT2D eigenvalue weighted by atomic mass is 35.5. The van der Waals surface area contributed by atoms with Crippen molar-refractivity contribution < 1.29 is 23.6 Å². The Morgan fingerprint density at radius 2 is 2.07 bits per heavy atom. The van der Waals surface area contributed by atoms with Gasteiger partial charge in [0, 0.05) is 10.6 Å². The smallest absolute Gasteiger partial charge is 0.326 e. The third-order valence-corrected chi connectivity index (χ3v) is 5.16. The first kappa shape index (κ1) is 18.4. The second-order valence-corrected chi connectivity index (χ2v) is 7.41. The second kappa shape index (κ2) is 6.90. The Labute approximate surface area is 165 Å². The summed E-state index contributed by atoms with van der Waals surface area (Å²) in [6.45, 7) is 0.959. The van der Waals surface area contributed by atoms with Crippen molar-refractivity contribution in [2.45, 2.75) is 31.9 Å². The van der Waals surface area contributed by atoms with Crippen LogP contribution in [0.4, 0.5) is 4.79 Å². The summed E-state index contributed by atoms with van der Waals surface area (Å²) >= 11 is 5.84. The number of aromatic nitrogens is 2. The molecule has 2 heterocycles. The van der Waals surface area contributed by atoms with Gasteiger partial charge in [0.1, 0.15) is 12.1 Å². The lowest BCUT2D eigenvalue weighted by molar-refractivity contribution is -0.149. The van der Waals surface area contributed by atoms with Gasteiger partial charge in [-0.05, 0) is 49.9 Å². The number of imide groups is 1. The Hall–Kier alpha value is -2.94. The van der Waals surface area contributed by atoms with E-state index in [0.717, 1.165) is 17.7 Å². The third-order valence-electron chi connectivity index (χ3n) is 4.91. The maximum atomic E-state index is 12.5. The van der Waals surface area contributed by atoms with Gasteiger partial charge in [-0.25, -0.2) is 4.79 Å². The average molecular weight is 405 g/mol. The standard InChI is InChI=1S/C18H17ClN4O5/c1-18(11-4-5-11)16(25)23(17(26)21-18)8-14(24)27-9-13-20-15(22-28-13)10-2-6-12(19)7-3-10/h2-3,6-7,11H,4-5,8-9H2,1H3,(H,21,26)/t18-/m0/s1. The number of rotatable bonds is 6. The molecule has 0 unspecified atom stereocenters. The van der Waals surface area contributed by atoms with E-state index in [0.29, 0.717) is 16.4 Å². The molecule has 9 nitrogen and oxygen atoms in total. The van der Waals surface area contributed by atoms with Gasteiger partial charge in [0.15, 0.2) is 6.61 Å². The third kappa shape index (κ3) is 3.45. The molecule has 1 atom stereocenters. The molecule has 1 N–H and O–H groups in total. The highest BCUT2D eigenvalue weighted by molar-refractivity contribution is 6.30. The Morgan fingerprint density at radius 3 is 2.75 bits per heavy atom. The van der Waals surface area contributed by atoms with Crippen LogP contribution in [-0.2, 0) is 20.9 Å². The van der Waals surface area contributed by atoms with Gasteiger partial charge in [-0.1, -0.05) is 16.8 Å². The normalized spacial score (nSPS) is 21.7. The highest BCUT2D eigenvalue weighted by Crippen LogP contribution is 2.42. The minimum atomic E-state index is -0.933.